The van der Waals surface area contributed by atoms with E-state index in [4.69, 9.17) is 11.6 Å². The van der Waals surface area contributed by atoms with Crippen LogP contribution >= 0.6 is 11.6 Å². The van der Waals surface area contributed by atoms with Crippen molar-refractivity contribution in [2.75, 3.05) is 39.1 Å². The third-order valence-electron chi connectivity index (χ3n) is 3.32. The van der Waals surface area contributed by atoms with E-state index in [0.717, 1.165) is 18.3 Å². The molecule has 1 saturated heterocycles. The molecular formula is C12H25ClN2. The maximum atomic E-state index is 5.72. The lowest BCUT2D eigenvalue weighted by Crippen LogP contribution is -2.40. The number of alkyl halides is 1. The molecule has 90 valence electrons. The van der Waals surface area contributed by atoms with E-state index in [2.05, 4.69) is 23.8 Å². The Hall–Kier alpha value is 0.210. The minimum absolute atomic E-state index is 0.757. The molecule has 0 aromatic heterocycles. The Morgan fingerprint density at radius 1 is 1.27 bits per heavy atom. The molecule has 0 aromatic rings. The van der Waals surface area contributed by atoms with Gasteiger partial charge in [0.15, 0.2) is 0 Å². The molecule has 0 aromatic carbocycles. The Bertz CT molecular complexity index is 164. The molecule has 1 rings (SSSR count). The Morgan fingerprint density at radius 3 is 2.73 bits per heavy atom. The highest BCUT2D eigenvalue weighted by Crippen LogP contribution is 2.12. The smallest absolute Gasteiger partial charge is 0.0223 e. The van der Waals surface area contributed by atoms with Crippen LogP contribution in [-0.4, -0.2) is 54.9 Å². The van der Waals surface area contributed by atoms with Crippen molar-refractivity contribution in [3.05, 3.63) is 0 Å². The zero-order chi connectivity index (χ0) is 11.1. The van der Waals surface area contributed by atoms with Gasteiger partial charge in [0.1, 0.15) is 0 Å². The van der Waals surface area contributed by atoms with Crippen molar-refractivity contribution in [3.63, 3.8) is 0 Å². The first-order valence-electron chi connectivity index (χ1n) is 6.26. The molecule has 1 fully saturated rings. The molecule has 15 heavy (non-hydrogen) atoms. The molecule has 1 unspecified atom stereocenters. The van der Waals surface area contributed by atoms with Crippen molar-refractivity contribution in [2.24, 2.45) is 0 Å². The number of halogens is 1. The number of likely N-dealkylation sites (N-methyl/N-ethyl adjacent to an activating group) is 1. The summed E-state index contributed by atoms with van der Waals surface area (Å²) in [6.45, 7) is 7.29. The molecule has 0 aliphatic carbocycles. The molecule has 1 atom stereocenters. The molecule has 1 aliphatic rings. The molecule has 2 nitrogen and oxygen atoms in total. The number of hydrogen-bond acceptors (Lipinski definition) is 2. The normalized spacial score (nSPS) is 25.4. The zero-order valence-electron chi connectivity index (χ0n) is 10.2. The molecular weight excluding hydrogens is 208 g/mol. The van der Waals surface area contributed by atoms with Gasteiger partial charge in [-0.2, -0.15) is 0 Å². The van der Waals surface area contributed by atoms with E-state index in [9.17, 15) is 0 Å². The number of unbranched alkanes of at least 4 members (excludes halogenated alkanes) is 1. The van der Waals surface area contributed by atoms with Crippen molar-refractivity contribution in [1.82, 2.24) is 9.80 Å². The summed E-state index contributed by atoms with van der Waals surface area (Å²) in [7, 11) is 2.24. The molecule has 3 heteroatoms. The molecule has 0 spiro atoms. The summed E-state index contributed by atoms with van der Waals surface area (Å²) in [5.41, 5.74) is 0. The van der Waals surface area contributed by atoms with Crippen LogP contribution in [0, 0.1) is 0 Å². The maximum absolute atomic E-state index is 5.72. The molecule has 0 bridgehead atoms. The first-order chi connectivity index (χ1) is 7.27. The van der Waals surface area contributed by atoms with Crippen molar-refractivity contribution in [1.29, 1.82) is 0 Å². The van der Waals surface area contributed by atoms with Crippen LogP contribution in [0.25, 0.3) is 0 Å². The van der Waals surface area contributed by atoms with Crippen LogP contribution in [0.5, 0.6) is 0 Å². The molecule has 0 radical (unpaired) electrons. The lowest BCUT2D eigenvalue weighted by atomic mass is 10.1. The van der Waals surface area contributed by atoms with Crippen LogP contribution in [0.3, 0.4) is 0 Å². The fraction of sp³-hybridized carbons (Fsp3) is 1.00. The van der Waals surface area contributed by atoms with Gasteiger partial charge in [-0.1, -0.05) is 6.92 Å². The third kappa shape index (κ3) is 4.71. The number of nitrogens with zero attached hydrogens (tertiary/aromatic N) is 2. The second-order valence-corrected chi connectivity index (χ2v) is 4.99. The summed E-state index contributed by atoms with van der Waals surface area (Å²) < 4.78 is 0. The van der Waals surface area contributed by atoms with Crippen LogP contribution in [0.15, 0.2) is 0 Å². The average molecular weight is 233 g/mol. The van der Waals surface area contributed by atoms with Gasteiger partial charge >= 0.3 is 0 Å². The second-order valence-electron chi connectivity index (χ2n) is 4.61. The minimum Gasteiger partial charge on any atom is -0.305 e. The second kappa shape index (κ2) is 7.48. The molecule has 0 amide bonds. The van der Waals surface area contributed by atoms with Gasteiger partial charge in [-0.15, -0.1) is 11.6 Å². The summed E-state index contributed by atoms with van der Waals surface area (Å²) in [6.07, 6.45) is 4.99. The van der Waals surface area contributed by atoms with Crippen LogP contribution < -0.4 is 0 Å². The van der Waals surface area contributed by atoms with Gasteiger partial charge < -0.3 is 4.90 Å². The van der Waals surface area contributed by atoms with Gasteiger partial charge in [-0.3, -0.25) is 4.90 Å². The van der Waals surface area contributed by atoms with Gasteiger partial charge in [0, 0.05) is 18.5 Å². The van der Waals surface area contributed by atoms with Gasteiger partial charge in [-0.25, -0.2) is 0 Å². The lowest BCUT2D eigenvalue weighted by molar-refractivity contribution is 0.181. The monoisotopic (exact) mass is 232 g/mol. The van der Waals surface area contributed by atoms with Crippen LogP contribution in [0.4, 0.5) is 0 Å². The fourth-order valence-corrected chi connectivity index (χ4v) is 2.57. The van der Waals surface area contributed by atoms with E-state index >= 15 is 0 Å². The Balaban J connectivity index is 2.37. The Kier molecular flexibility index (Phi) is 6.62. The summed E-state index contributed by atoms with van der Waals surface area (Å²) in [6, 6.07) is 0.757. The predicted octanol–water partition coefficient (Wildman–Crippen LogP) is 2.42. The zero-order valence-corrected chi connectivity index (χ0v) is 11.0. The van der Waals surface area contributed by atoms with Crippen molar-refractivity contribution in [3.8, 4) is 0 Å². The van der Waals surface area contributed by atoms with E-state index in [1.807, 2.05) is 0 Å². The summed E-state index contributed by atoms with van der Waals surface area (Å²) >= 11 is 5.72. The van der Waals surface area contributed by atoms with Crippen molar-refractivity contribution < 1.29 is 0 Å². The molecule has 1 aliphatic heterocycles. The minimum atomic E-state index is 0.757. The summed E-state index contributed by atoms with van der Waals surface area (Å²) in [5, 5.41) is 0. The average Bonchev–Trinajstić information content (AvgIpc) is 2.41. The van der Waals surface area contributed by atoms with Crippen molar-refractivity contribution in [2.45, 2.75) is 38.6 Å². The largest absolute Gasteiger partial charge is 0.305 e. The Morgan fingerprint density at radius 2 is 2.07 bits per heavy atom. The van der Waals surface area contributed by atoms with Gasteiger partial charge in [0.05, 0.1) is 0 Å². The Labute approximate surface area is 99.6 Å². The fourth-order valence-electron chi connectivity index (χ4n) is 2.38. The first-order valence-corrected chi connectivity index (χ1v) is 6.80. The molecule has 0 N–H and O–H groups in total. The summed E-state index contributed by atoms with van der Waals surface area (Å²) in [5.74, 6) is 0.810. The van der Waals surface area contributed by atoms with Gasteiger partial charge in [0.25, 0.3) is 0 Å². The van der Waals surface area contributed by atoms with Crippen LogP contribution in [0.1, 0.15) is 32.6 Å². The van der Waals surface area contributed by atoms with Gasteiger partial charge in [0.2, 0.25) is 0 Å². The lowest BCUT2D eigenvalue weighted by Gasteiger charge is -2.30. The van der Waals surface area contributed by atoms with Crippen LogP contribution in [-0.2, 0) is 0 Å². The van der Waals surface area contributed by atoms with E-state index < -0.39 is 0 Å². The topological polar surface area (TPSA) is 6.48 Å². The number of hydrogen-bond donors (Lipinski definition) is 0. The van der Waals surface area contributed by atoms with Crippen molar-refractivity contribution >= 4 is 11.6 Å². The van der Waals surface area contributed by atoms with Crippen LogP contribution in [0.2, 0.25) is 0 Å². The summed E-state index contributed by atoms with van der Waals surface area (Å²) in [4.78, 5) is 5.13. The SMILES string of the molecule is CCC1CN(C)CCCN1CCCCCl. The molecule has 0 saturated carbocycles. The first kappa shape index (κ1) is 13.3. The van der Waals surface area contributed by atoms with E-state index in [1.54, 1.807) is 0 Å². The molecule has 1 heterocycles. The van der Waals surface area contributed by atoms with Gasteiger partial charge in [-0.05, 0) is 52.4 Å². The highest BCUT2D eigenvalue weighted by Gasteiger charge is 2.20. The number of rotatable bonds is 5. The van der Waals surface area contributed by atoms with E-state index in [-0.39, 0.29) is 0 Å². The highest BCUT2D eigenvalue weighted by atomic mass is 35.5. The van der Waals surface area contributed by atoms with E-state index in [1.165, 1.54) is 45.4 Å². The quantitative estimate of drug-likeness (QED) is 0.531. The maximum Gasteiger partial charge on any atom is 0.0223 e. The predicted molar refractivity (Wildman–Crippen MR) is 67.7 cm³/mol. The third-order valence-corrected chi connectivity index (χ3v) is 3.59. The standard InChI is InChI=1S/C12H25ClN2/c1-3-12-11-14(2)8-6-10-15(12)9-5-4-7-13/h12H,3-11H2,1-2H3. The van der Waals surface area contributed by atoms with E-state index in [0.29, 0.717) is 0 Å². The highest BCUT2D eigenvalue weighted by molar-refractivity contribution is 6.17.